The van der Waals surface area contributed by atoms with Crippen LogP contribution in [0.1, 0.15) is 29.3 Å². The van der Waals surface area contributed by atoms with E-state index in [-0.39, 0.29) is 17.0 Å². The van der Waals surface area contributed by atoms with Gasteiger partial charge in [-0.3, -0.25) is 4.79 Å². The van der Waals surface area contributed by atoms with Gasteiger partial charge in [-0.25, -0.2) is 9.18 Å². The maximum Gasteiger partial charge on any atom is 0.341 e. The first-order valence-electron chi connectivity index (χ1n) is 8.11. The van der Waals surface area contributed by atoms with Gasteiger partial charge in [-0.05, 0) is 18.9 Å². The molecule has 2 aliphatic rings. The second-order valence-corrected chi connectivity index (χ2v) is 6.45. The van der Waals surface area contributed by atoms with E-state index in [1.165, 1.54) is 12.3 Å². The molecule has 6 nitrogen and oxygen atoms in total. The Morgan fingerprint density at radius 2 is 2.29 bits per heavy atom. The topological polar surface area (TPSA) is 85.4 Å². The van der Waals surface area contributed by atoms with E-state index in [0.717, 1.165) is 25.1 Å². The highest BCUT2D eigenvalue weighted by atomic mass is 19.1. The van der Waals surface area contributed by atoms with Gasteiger partial charge in [0.1, 0.15) is 11.4 Å². The molecule has 0 radical (unpaired) electrons. The summed E-state index contributed by atoms with van der Waals surface area (Å²) in [6, 6.07) is 1.81. The predicted molar refractivity (Wildman–Crippen MR) is 88.4 cm³/mol. The number of halogens is 1. The highest BCUT2D eigenvalue weighted by Crippen LogP contribution is 2.36. The molecular formula is C17H18FN3O3. The molecule has 3 N–H and O–H groups in total. The van der Waals surface area contributed by atoms with Crippen LogP contribution < -0.4 is 15.6 Å². The van der Waals surface area contributed by atoms with Crippen molar-refractivity contribution in [2.75, 3.05) is 18.0 Å². The number of carbonyl (C=O) groups is 1. The van der Waals surface area contributed by atoms with Gasteiger partial charge >= 0.3 is 5.97 Å². The number of aryl methyl sites for hydroxylation is 1. The number of nitrogens with zero attached hydrogens (tertiary/aromatic N) is 1. The van der Waals surface area contributed by atoms with Crippen LogP contribution in [0.25, 0.3) is 10.9 Å². The highest BCUT2D eigenvalue weighted by Gasteiger charge is 2.39. The lowest BCUT2D eigenvalue weighted by Crippen LogP contribution is -2.44. The van der Waals surface area contributed by atoms with E-state index >= 15 is 0 Å². The molecule has 0 aliphatic carbocycles. The summed E-state index contributed by atoms with van der Waals surface area (Å²) in [4.78, 5) is 28.5. The minimum Gasteiger partial charge on any atom is -0.477 e. The molecule has 2 aromatic rings. The number of fused-ring (bicyclic) bond motifs is 3. The summed E-state index contributed by atoms with van der Waals surface area (Å²) in [5, 5.41) is 12.6. The summed E-state index contributed by atoms with van der Waals surface area (Å²) < 4.78 is 14.9. The molecule has 2 saturated heterocycles. The third-order valence-corrected chi connectivity index (χ3v) is 5.13. The minimum absolute atomic E-state index is 0.0930. The lowest BCUT2D eigenvalue weighted by atomic mass is 10.0. The van der Waals surface area contributed by atoms with Crippen molar-refractivity contribution < 1.29 is 14.3 Å². The number of pyridine rings is 1. The standard InChI is InChI=1S/C17H18FN3O3/c1-2-10-14-11(16(22)12(6-20-14)17(23)24)4-13(18)15(10)21-7-8-3-9(21)5-19-8/h4,6,8-9,19H,2-3,5,7H2,1H3,(H,20,22)(H,23,24). The Labute approximate surface area is 137 Å². The van der Waals surface area contributed by atoms with Crippen LogP contribution in [0.5, 0.6) is 0 Å². The molecule has 2 atom stereocenters. The van der Waals surface area contributed by atoms with Gasteiger partial charge in [0.15, 0.2) is 0 Å². The van der Waals surface area contributed by atoms with Crippen molar-refractivity contribution in [2.45, 2.75) is 31.8 Å². The van der Waals surface area contributed by atoms with E-state index in [9.17, 15) is 14.0 Å². The van der Waals surface area contributed by atoms with Crippen molar-refractivity contribution in [1.82, 2.24) is 10.3 Å². The fraction of sp³-hybridized carbons (Fsp3) is 0.412. The molecule has 3 heterocycles. The summed E-state index contributed by atoms with van der Waals surface area (Å²) in [5.41, 5.74) is 0.770. The fourth-order valence-electron chi connectivity index (χ4n) is 4.04. The van der Waals surface area contributed by atoms with E-state index in [0.29, 0.717) is 23.7 Å². The minimum atomic E-state index is -1.32. The van der Waals surface area contributed by atoms with Gasteiger partial charge in [-0.1, -0.05) is 6.92 Å². The van der Waals surface area contributed by atoms with Gasteiger partial charge in [-0.15, -0.1) is 0 Å². The van der Waals surface area contributed by atoms with Crippen molar-refractivity contribution in [3.8, 4) is 0 Å². The summed E-state index contributed by atoms with van der Waals surface area (Å²) in [7, 11) is 0. The maximum atomic E-state index is 14.9. The van der Waals surface area contributed by atoms with E-state index in [4.69, 9.17) is 5.11 Å². The first kappa shape index (κ1) is 15.1. The van der Waals surface area contributed by atoms with Crippen molar-refractivity contribution in [3.63, 3.8) is 0 Å². The number of aromatic amines is 1. The number of piperazine rings is 1. The molecule has 2 fully saturated rings. The zero-order valence-electron chi connectivity index (χ0n) is 13.2. The number of carboxylic acids is 1. The number of anilines is 1. The van der Waals surface area contributed by atoms with Crippen molar-refractivity contribution in [2.24, 2.45) is 0 Å². The van der Waals surface area contributed by atoms with E-state index < -0.39 is 17.2 Å². The molecule has 1 aromatic carbocycles. The third kappa shape index (κ3) is 2.04. The largest absolute Gasteiger partial charge is 0.477 e. The zero-order chi connectivity index (χ0) is 17.0. The number of aromatic carboxylic acids is 1. The predicted octanol–water partition coefficient (Wildman–Crippen LogP) is 1.48. The molecule has 0 amide bonds. The van der Waals surface area contributed by atoms with Crippen LogP contribution >= 0.6 is 0 Å². The Hall–Kier alpha value is -2.41. The molecule has 4 rings (SSSR count). The van der Waals surface area contributed by atoms with E-state index in [2.05, 4.69) is 15.2 Å². The van der Waals surface area contributed by atoms with Gasteiger partial charge in [0, 0.05) is 42.3 Å². The number of benzene rings is 1. The summed E-state index contributed by atoms with van der Waals surface area (Å²) in [5.74, 6) is -1.77. The molecule has 126 valence electrons. The molecule has 0 spiro atoms. The van der Waals surface area contributed by atoms with Crippen LogP contribution in [-0.2, 0) is 6.42 Å². The molecule has 1 aromatic heterocycles. The van der Waals surface area contributed by atoms with Crippen LogP contribution in [0.3, 0.4) is 0 Å². The average molecular weight is 331 g/mol. The van der Waals surface area contributed by atoms with Gasteiger partial charge < -0.3 is 20.3 Å². The number of H-pyrrole nitrogens is 1. The van der Waals surface area contributed by atoms with Crippen molar-refractivity contribution in [3.05, 3.63) is 39.4 Å². The molecule has 7 heteroatoms. The van der Waals surface area contributed by atoms with Crippen LogP contribution in [0.2, 0.25) is 0 Å². The number of hydrogen-bond acceptors (Lipinski definition) is 4. The monoisotopic (exact) mass is 331 g/mol. The van der Waals surface area contributed by atoms with Gasteiger partial charge in [0.05, 0.1) is 11.2 Å². The van der Waals surface area contributed by atoms with Crippen molar-refractivity contribution >= 4 is 22.6 Å². The Morgan fingerprint density at radius 1 is 1.50 bits per heavy atom. The summed E-state index contributed by atoms with van der Waals surface area (Å²) in [6.45, 7) is 3.49. The second-order valence-electron chi connectivity index (χ2n) is 6.45. The maximum absolute atomic E-state index is 14.9. The number of nitrogens with one attached hydrogen (secondary N) is 2. The summed E-state index contributed by atoms with van der Waals surface area (Å²) >= 11 is 0. The molecular weight excluding hydrogens is 313 g/mol. The highest BCUT2D eigenvalue weighted by molar-refractivity contribution is 5.94. The van der Waals surface area contributed by atoms with E-state index in [1.807, 2.05) is 6.92 Å². The Balaban J connectivity index is 1.96. The lowest BCUT2D eigenvalue weighted by molar-refractivity contribution is 0.0695. The Bertz CT molecular complexity index is 908. The molecule has 2 unspecified atom stereocenters. The normalized spacial score (nSPS) is 22.5. The quantitative estimate of drug-likeness (QED) is 0.793. The summed E-state index contributed by atoms with van der Waals surface area (Å²) in [6.07, 6.45) is 2.74. The number of aromatic nitrogens is 1. The van der Waals surface area contributed by atoms with E-state index in [1.54, 1.807) is 0 Å². The Morgan fingerprint density at radius 3 is 2.88 bits per heavy atom. The SMILES string of the molecule is CCc1c(N2CC3CC2CN3)c(F)cc2c(=O)c(C(=O)O)c[nH]c12. The second kappa shape index (κ2) is 5.31. The molecule has 0 saturated carbocycles. The zero-order valence-corrected chi connectivity index (χ0v) is 13.2. The lowest BCUT2D eigenvalue weighted by Gasteiger charge is -2.32. The Kier molecular flexibility index (Phi) is 3.35. The molecule has 2 aliphatic heterocycles. The first-order chi connectivity index (χ1) is 11.5. The van der Waals surface area contributed by atoms with Crippen LogP contribution in [-0.4, -0.2) is 41.2 Å². The number of rotatable bonds is 3. The third-order valence-electron chi connectivity index (χ3n) is 5.13. The molecule has 2 bridgehead atoms. The number of hydrogen-bond donors (Lipinski definition) is 3. The average Bonchev–Trinajstić information content (AvgIpc) is 3.17. The van der Waals surface area contributed by atoms with Crippen LogP contribution in [0, 0.1) is 5.82 Å². The first-order valence-corrected chi connectivity index (χ1v) is 8.11. The van der Waals surface area contributed by atoms with Gasteiger partial charge in [-0.2, -0.15) is 0 Å². The van der Waals surface area contributed by atoms with Crippen LogP contribution in [0.4, 0.5) is 10.1 Å². The fourth-order valence-corrected chi connectivity index (χ4v) is 4.04. The van der Waals surface area contributed by atoms with Crippen LogP contribution in [0.15, 0.2) is 17.1 Å². The van der Waals surface area contributed by atoms with Gasteiger partial charge in [0.2, 0.25) is 5.43 Å². The smallest absolute Gasteiger partial charge is 0.341 e. The number of carboxylic acid groups (broad SMARTS) is 1. The van der Waals surface area contributed by atoms with Crippen molar-refractivity contribution in [1.29, 1.82) is 0 Å². The van der Waals surface area contributed by atoms with Gasteiger partial charge in [0.25, 0.3) is 0 Å². The molecule has 24 heavy (non-hydrogen) atoms.